The lowest BCUT2D eigenvalue weighted by atomic mass is 10.1. The Morgan fingerprint density at radius 3 is 1.51 bits per heavy atom. The van der Waals surface area contributed by atoms with E-state index in [-0.39, 0.29) is 49.1 Å². The van der Waals surface area contributed by atoms with Crippen molar-refractivity contribution in [2.24, 2.45) is 0 Å². The lowest BCUT2D eigenvalue weighted by molar-refractivity contribution is -0.889. The van der Waals surface area contributed by atoms with Gasteiger partial charge in [0.05, 0.1) is 40.3 Å². The third-order valence-electron chi connectivity index (χ3n) is 9.79. The average molecular weight is 824 g/mol. The van der Waals surface area contributed by atoms with Gasteiger partial charge in [-0.3, -0.25) is 9.59 Å². The summed E-state index contributed by atoms with van der Waals surface area (Å²) in [6, 6.07) is -0.737. The van der Waals surface area contributed by atoms with Crippen molar-refractivity contribution >= 4 is 17.9 Å². The quantitative estimate of drug-likeness (QED) is 0.0199. The van der Waals surface area contributed by atoms with Gasteiger partial charge in [-0.05, 0) is 83.5 Å². The van der Waals surface area contributed by atoms with Crippen molar-refractivity contribution in [1.29, 1.82) is 0 Å². The Bertz CT molecular complexity index is 1240. The number of allylic oxidation sites excluding steroid dienone is 14. The van der Waals surface area contributed by atoms with E-state index < -0.39 is 18.1 Å². The van der Waals surface area contributed by atoms with Crippen molar-refractivity contribution in [1.82, 2.24) is 0 Å². The lowest BCUT2D eigenvalue weighted by Crippen LogP contribution is -2.55. The molecule has 0 spiro atoms. The van der Waals surface area contributed by atoms with Gasteiger partial charge in [0.25, 0.3) is 0 Å². The number of carbonyl (C=O) groups excluding carboxylic acids is 3. The monoisotopic (exact) mass is 824 g/mol. The van der Waals surface area contributed by atoms with Gasteiger partial charge < -0.3 is 28.6 Å². The zero-order valence-electron chi connectivity index (χ0n) is 38.1. The van der Waals surface area contributed by atoms with Crippen LogP contribution in [0, 0.1) is 0 Å². The summed E-state index contributed by atoms with van der Waals surface area (Å²) in [6.07, 6.45) is 53.2. The molecule has 336 valence electrons. The number of nitrogens with zero attached hydrogens (tertiary/aromatic N) is 1. The van der Waals surface area contributed by atoms with Crippen molar-refractivity contribution in [2.45, 2.75) is 180 Å². The fourth-order valence-corrected chi connectivity index (χ4v) is 6.20. The first-order chi connectivity index (χ1) is 28.6. The number of hydrogen-bond acceptors (Lipinski definition) is 7. The second-order valence-corrected chi connectivity index (χ2v) is 16.3. The van der Waals surface area contributed by atoms with E-state index in [4.69, 9.17) is 14.2 Å². The Morgan fingerprint density at radius 2 is 1.00 bits per heavy atom. The highest BCUT2D eigenvalue weighted by Crippen LogP contribution is 2.13. The van der Waals surface area contributed by atoms with Crippen LogP contribution in [0.5, 0.6) is 0 Å². The molecule has 0 saturated heterocycles. The number of hydrogen-bond donors (Lipinski definition) is 0. The molecule has 0 aromatic carbocycles. The summed E-state index contributed by atoms with van der Waals surface area (Å²) in [4.78, 5) is 36.9. The number of rotatable bonds is 40. The summed E-state index contributed by atoms with van der Waals surface area (Å²) < 4.78 is 17.1. The van der Waals surface area contributed by atoms with Gasteiger partial charge in [-0.2, -0.15) is 0 Å². The summed E-state index contributed by atoms with van der Waals surface area (Å²) in [5.41, 5.74) is 0. The zero-order valence-corrected chi connectivity index (χ0v) is 38.1. The molecule has 0 aliphatic heterocycles. The Hall–Kier alpha value is -3.49. The maximum absolute atomic E-state index is 12.7. The van der Waals surface area contributed by atoms with Crippen LogP contribution in [0.2, 0.25) is 0 Å². The Labute approximate surface area is 361 Å². The molecule has 0 heterocycles. The highest BCUT2D eigenvalue weighted by molar-refractivity contribution is 5.70. The first kappa shape index (κ1) is 55.5. The molecule has 8 heteroatoms. The highest BCUT2D eigenvalue weighted by Gasteiger charge is 2.25. The standard InChI is InChI=1S/C51H85NO7/c1-6-8-10-12-14-16-18-20-22-23-24-25-26-28-30-32-34-36-38-40-42-50(54)59-47(45-57-44-43-48(51(55)56)52(3,4)5)46-58-49(53)41-39-37-35-33-31-29-27-21-19-17-15-13-11-9-7-2/h8,10,14-17,19-22,24-25,28,30,47-48H,6-7,9,11-13,18,23,26-27,29,31-46H2,1-5H3/b10-8+,16-14+,17-15+,21-19+,22-20+,25-24+,30-28+. The van der Waals surface area contributed by atoms with Gasteiger partial charge in [-0.25, -0.2) is 0 Å². The zero-order chi connectivity index (χ0) is 43.5. The maximum atomic E-state index is 12.7. The predicted molar refractivity (Wildman–Crippen MR) is 245 cm³/mol. The van der Waals surface area contributed by atoms with Gasteiger partial charge in [0.1, 0.15) is 12.6 Å². The molecule has 2 atom stereocenters. The third kappa shape index (κ3) is 39.7. The van der Waals surface area contributed by atoms with Gasteiger partial charge in [0.2, 0.25) is 0 Å². The van der Waals surface area contributed by atoms with E-state index in [0.717, 1.165) is 103 Å². The molecule has 0 fully saturated rings. The number of quaternary nitrogens is 1. The molecule has 8 nitrogen and oxygen atoms in total. The largest absolute Gasteiger partial charge is 0.544 e. The van der Waals surface area contributed by atoms with Gasteiger partial charge in [-0.1, -0.05) is 150 Å². The van der Waals surface area contributed by atoms with E-state index in [1.807, 2.05) is 0 Å². The fourth-order valence-electron chi connectivity index (χ4n) is 6.20. The van der Waals surface area contributed by atoms with E-state index in [2.05, 4.69) is 98.9 Å². The fraction of sp³-hybridized carbons (Fsp3) is 0.667. The van der Waals surface area contributed by atoms with E-state index in [1.165, 1.54) is 32.1 Å². The topological polar surface area (TPSA) is 102 Å². The molecule has 0 aromatic heterocycles. The number of aliphatic carboxylic acids is 1. The molecule has 59 heavy (non-hydrogen) atoms. The molecule has 0 N–H and O–H groups in total. The van der Waals surface area contributed by atoms with Crippen LogP contribution in [0.25, 0.3) is 0 Å². The average Bonchev–Trinajstić information content (AvgIpc) is 3.19. The molecule has 0 radical (unpaired) electrons. The second-order valence-electron chi connectivity index (χ2n) is 16.3. The first-order valence-corrected chi connectivity index (χ1v) is 23.1. The number of ether oxygens (including phenoxy) is 3. The summed E-state index contributed by atoms with van der Waals surface area (Å²) in [5, 5.41) is 11.6. The number of carbonyl (C=O) groups is 3. The number of carboxylic acid groups (broad SMARTS) is 1. The lowest BCUT2D eigenvalue weighted by Gasteiger charge is -2.34. The molecule has 0 aliphatic rings. The molecule has 0 saturated carbocycles. The van der Waals surface area contributed by atoms with Crippen molar-refractivity contribution < 1.29 is 38.2 Å². The number of carboxylic acids is 1. The van der Waals surface area contributed by atoms with Crippen molar-refractivity contribution in [3.05, 3.63) is 85.1 Å². The van der Waals surface area contributed by atoms with E-state index in [9.17, 15) is 19.5 Å². The van der Waals surface area contributed by atoms with Crippen LogP contribution < -0.4 is 5.11 Å². The van der Waals surface area contributed by atoms with E-state index >= 15 is 0 Å². The Kier molecular flexibility index (Phi) is 38.8. The van der Waals surface area contributed by atoms with Gasteiger partial charge in [-0.15, -0.1) is 0 Å². The second kappa shape index (κ2) is 41.3. The minimum Gasteiger partial charge on any atom is -0.544 e. The smallest absolute Gasteiger partial charge is 0.306 e. The predicted octanol–water partition coefficient (Wildman–Crippen LogP) is 11.6. The summed E-state index contributed by atoms with van der Waals surface area (Å²) in [5.74, 6) is -1.79. The highest BCUT2D eigenvalue weighted by atomic mass is 16.6. The SMILES string of the molecule is CC/C=C/C/C=C/C/C=C/C/C=C/C/C=C/CCCCCCC(=O)OC(COCCC(C(=O)[O-])[N+](C)(C)C)COC(=O)CCCCCCCC/C=C/C=C/CCCCC. The van der Waals surface area contributed by atoms with Crippen LogP contribution in [-0.4, -0.2) is 75.5 Å². The van der Waals surface area contributed by atoms with Crippen molar-refractivity contribution in [3.8, 4) is 0 Å². The molecule has 0 aromatic rings. The van der Waals surface area contributed by atoms with Gasteiger partial charge in [0, 0.05) is 19.3 Å². The number of esters is 2. The summed E-state index contributed by atoms with van der Waals surface area (Å²) in [6.45, 7) is 4.46. The maximum Gasteiger partial charge on any atom is 0.306 e. The Balaban J connectivity index is 4.41. The molecule has 0 aliphatic carbocycles. The van der Waals surface area contributed by atoms with Gasteiger partial charge >= 0.3 is 11.9 Å². The molecule has 0 rings (SSSR count). The third-order valence-corrected chi connectivity index (χ3v) is 9.79. The van der Waals surface area contributed by atoms with Crippen LogP contribution in [0.15, 0.2) is 85.1 Å². The summed E-state index contributed by atoms with van der Waals surface area (Å²) >= 11 is 0. The molecule has 0 amide bonds. The number of unbranched alkanes of at least 4 members (excludes halogenated alkanes) is 13. The minimum atomic E-state index is -1.13. The molecule has 0 bridgehead atoms. The minimum absolute atomic E-state index is 0.0214. The van der Waals surface area contributed by atoms with Crippen LogP contribution in [0.3, 0.4) is 0 Å². The first-order valence-electron chi connectivity index (χ1n) is 23.1. The van der Waals surface area contributed by atoms with Crippen LogP contribution in [-0.2, 0) is 28.6 Å². The summed E-state index contributed by atoms with van der Waals surface area (Å²) in [7, 11) is 5.39. The van der Waals surface area contributed by atoms with Gasteiger partial charge in [0.15, 0.2) is 6.10 Å². The normalized spacial score (nSPS) is 13.7. The van der Waals surface area contributed by atoms with Crippen molar-refractivity contribution in [2.75, 3.05) is 41.0 Å². The van der Waals surface area contributed by atoms with Crippen LogP contribution in [0.1, 0.15) is 168 Å². The van der Waals surface area contributed by atoms with E-state index in [0.29, 0.717) is 6.42 Å². The van der Waals surface area contributed by atoms with Crippen molar-refractivity contribution in [3.63, 3.8) is 0 Å². The molecular weight excluding hydrogens is 739 g/mol. The molecule has 2 unspecified atom stereocenters. The molecular formula is C51H85NO7. The number of likely N-dealkylation sites (N-methyl/N-ethyl adjacent to an activating group) is 1. The van der Waals surface area contributed by atoms with Crippen LogP contribution >= 0.6 is 0 Å². The Morgan fingerprint density at radius 1 is 0.542 bits per heavy atom. The van der Waals surface area contributed by atoms with E-state index in [1.54, 1.807) is 21.1 Å². The van der Waals surface area contributed by atoms with Crippen LogP contribution in [0.4, 0.5) is 0 Å².